The highest BCUT2D eigenvalue weighted by molar-refractivity contribution is 8.03. The molecule has 0 spiro atoms. The Morgan fingerprint density at radius 2 is 2.07 bits per heavy atom. The van der Waals surface area contributed by atoms with Crippen LogP contribution in [0.15, 0.2) is 41.3 Å². The van der Waals surface area contributed by atoms with Crippen LogP contribution in [0, 0.1) is 30.3 Å². The molecule has 0 saturated heterocycles. The molecule has 0 aliphatic heterocycles. The van der Waals surface area contributed by atoms with Crippen molar-refractivity contribution >= 4 is 50.7 Å². The summed E-state index contributed by atoms with van der Waals surface area (Å²) < 4.78 is 19.7. The number of benzene rings is 2. The second-order valence-electron chi connectivity index (χ2n) is 5.96. The van der Waals surface area contributed by atoms with Crippen LogP contribution in [0.2, 0.25) is 0 Å². The van der Waals surface area contributed by atoms with Crippen molar-refractivity contribution in [3.63, 3.8) is 0 Å². The molecule has 1 heterocycles. The van der Waals surface area contributed by atoms with Crippen LogP contribution in [0.25, 0.3) is 10.1 Å². The molecule has 2 aromatic carbocycles. The van der Waals surface area contributed by atoms with Gasteiger partial charge in [-0.05, 0) is 67.1 Å². The van der Waals surface area contributed by atoms with E-state index >= 15 is 0 Å². The van der Waals surface area contributed by atoms with Crippen LogP contribution in [0.1, 0.15) is 20.8 Å². The first-order valence-electron chi connectivity index (χ1n) is 8.22. The predicted molar refractivity (Wildman–Crippen MR) is 108 cm³/mol. The number of nitrogens with zero attached hydrogens (tertiary/aromatic N) is 1. The van der Waals surface area contributed by atoms with Gasteiger partial charge in [-0.3, -0.25) is 4.79 Å². The number of hydrogen-bond donors (Lipinski definition) is 1. The molecule has 0 saturated carbocycles. The maximum absolute atomic E-state index is 14.0. The maximum Gasteiger partial charge on any atom is 0.349 e. The average molecular weight is 414 g/mol. The third-order valence-corrected chi connectivity index (χ3v) is 5.88. The van der Waals surface area contributed by atoms with E-state index in [-0.39, 0.29) is 4.88 Å². The van der Waals surface area contributed by atoms with E-state index in [1.54, 1.807) is 44.2 Å². The van der Waals surface area contributed by atoms with Gasteiger partial charge in [0.05, 0.1) is 0 Å². The Bertz CT molecular complexity index is 1120. The Labute approximate surface area is 169 Å². The largest absolute Gasteiger partial charge is 0.451 e. The lowest BCUT2D eigenvalue weighted by Crippen LogP contribution is -2.21. The van der Waals surface area contributed by atoms with E-state index in [2.05, 4.69) is 5.32 Å². The summed E-state index contributed by atoms with van der Waals surface area (Å²) in [5.74, 6) is -1.54. The lowest BCUT2D eigenvalue weighted by atomic mass is 10.1. The zero-order valence-corrected chi connectivity index (χ0v) is 16.7. The summed E-state index contributed by atoms with van der Waals surface area (Å²) in [5, 5.41) is 13.8. The fourth-order valence-corrected chi connectivity index (χ4v) is 4.32. The molecule has 1 N–H and O–H groups in total. The maximum atomic E-state index is 14.0. The van der Waals surface area contributed by atoms with Gasteiger partial charge in [-0.2, -0.15) is 5.26 Å². The Morgan fingerprint density at radius 1 is 1.29 bits per heavy atom. The SMILES string of the molecule is Cc1cc(SC#N)ccc1NC(=O)COC(=O)c1sc2cccc(F)c2c1C. The van der Waals surface area contributed by atoms with Gasteiger partial charge < -0.3 is 10.1 Å². The summed E-state index contributed by atoms with van der Waals surface area (Å²) in [7, 11) is 0. The number of rotatable bonds is 5. The van der Waals surface area contributed by atoms with Crippen molar-refractivity contribution in [3.05, 3.63) is 58.2 Å². The van der Waals surface area contributed by atoms with E-state index < -0.39 is 24.3 Å². The van der Waals surface area contributed by atoms with Crippen LogP contribution in [0.5, 0.6) is 0 Å². The number of carbonyl (C=O) groups excluding carboxylic acids is 2. The predicted octanol–water partition coefficient (Wildman–Crippen LogP) is 5.03. The molecule has 0 atom stereocenters. The van der Waals surface area contributed by atoms with Crippen LogP contribution in [0.3, 0.4) is 0 Å². The molecular weight excluding hydrogens is 399 g/mol. The third kappa shape index (κ3) is 4.16. The number of aryl methyl sites for hydroxylation is 2. The Morgan fingerprint density at radius 3 is 2.75 bits per heavy atom. The van der Waals surface area contributed by atoms with Crippen molar-refractivity contribution in [2.45, 2.75) is 18.7 Å². The molecule has 8 heteroatoms. The average Bonchev–Trinajstić information content (AvgIpc) is 3.00. The molecule has 0 radical (unpaired) electrons. The fourth-order valence-electron chi connectivity index (χ4n) is 2.72. The van der Waals surface area contributed by atoms with Crippen molar-refractivity contribution in [1.29, 1.82) is 5.26 Å². The van der Waals surface area contributed by atoms with Gasteiger partial charge in [-0.1, -0.05) is 6.07 Å². The van der Waals surface area contributed by atoms with Crippen LogP contribution >= 0.6 is 23.1 Å². The Kier molecular flexibility index (Phi) is 5.97. The van der Waals surface area contributed by atoms with E-state index in [0.29, 0.717) is 21.3 Å². The highest BCUT2D eigenvalue weighted by atomic mass is 32.2. The summed E-state index contributed by atoms with van der Waals surface area (Å²) in [4.78, 5) is 25.5. The van der Waals surface area contributed by atoms with E-state index in [9.17, 15) is 14.0 Å². The monoisotopic (exact) mass is 414 g/mol. The van der Waals surface area contributed by atoms with Gasteiger partial charge in [0.1, 0.15) is 16.1 Å². The van der Waals surface area contributed by atoms with Crippen LogP contribution in [-0.4, -0.2) is 18.5 Å². The molecule has 142 valence electrons. The van der Waals surface area contributed by atoms with Crippen LogP contribution in [-0.2, 0) is 9.53 Å². The quantitative estimate of drug-likeness (QED) is 0.360. The number of hydrogen-bond acceptors (Lipinski definition) is 6. The molecule has 1 amide bonds. The number of halogens is 1. The minimum atomic E-state index is -0.661. The van der Waals surface area contributed by atoms with E-state index in [1.165, 1.54) is 6.07 Å². The molecule has 3 rings (SSSR count). The second-order valence-corrected chi connectivity index (χ2v) is 7.87. The number of ether oxygens (including phenoxy) is 1. The van der Waals surface area contributed by atoms with E-state index in [1.807, 2.05) is 5.40 Å². The minimum absolute atomic E-state index is 0.280. The number of esters is 1. The van der Waals surface area contributed by atoms with Gasteiger partial charge in [0, 0.05) is 20.7 Å². The van der Waals surface area contributed by atoms with Crippen molar-refractivity contribution in [3.8, 4) is 5.40 Å². The number of fused-ring (bicyclic) bond motifs is 1. The summed E-state index contributed by atoms with van der Waals surface area (Å²) in [6, 6.07) is 9.85. The summed E-state index contributed by atoms with van der Waals surface area (Å²) in [6.45, 7) is 3.00. The minimum Gasteiger partial charge on any atom is -0.451 e. The van der Waals surface area contributed by atoms with Gasteiger partial charge >= 0.3 is 5.97 Å². The van der Waals surface area contributed by atoms with Crippen molar-refractivity contribution in [2.24, 2.45) is 0 Å². The second kappa shape index (κ2) is 8.42. The van der Waals surface area contributed by atoms with Gasteiger partial charge in [0.2, 0.25) is 0 Å². The first kappa shape index (κ1) is 19.9. The molecule has 3 aromatic rings. The number of amides is 1. The molecule has 5 nitrogen and oxygen atoms in total. The topological polar surface area (TPSA) is 79.2 Å². The lowest BCUT2D eigenvalue weighted by Gasteiger charge is -2.09. The zero-order chi connectivity index (χ0) is 20.3. The number of thioether (sulfide) groups is 1. The molecule has 1 aromatic heterocycles. The number of carbonyl (C=O) groups is 2. The lowest BCUT2D eigenvalue weighted by molar-refractivity contribution is -0.119. The molecular formula is C20H15FN2O3S2. The summed E-state index contributed by atoms with van der Waals surface area (Å²) >= 11 is 2.17. The van der Waals surface area contributed by atoms with Gasteiger partial charge in [-0.15, -0.1) is 11.3 Å². The van der Waals surface area contributed by atoms with Crippen LogP contribution < -0.4 is 5.32 Å². The molecule has 0 fully saturated rings. The fraction of sp³-hybridized carbons (Fsp3) is 0.150. The third-order valence-electron chi connectivity index (χ3n) is 4.06. The van der Waals surface area contributed by atoms with Crippen molar-refractivity contribution in [2.75, 3.05) is 11.9 Å². The normalized spacial score (nSPS) is 10.5. The summed E-state index contributed by atoms with van der Waals surface area (Å²) in [5.41, 5.74) is 1.86. The number of thiophene rings is 1. The van der Waals surface area contributed by atoms with Gasteiger partial charge in [-0.25, -0.2) is 9.18 Å². The van der Waals surface area contributed by atoms with E-state index in [4.69, 9.17) is 10.00 Å². The highest BCUT2D eigenvalue weighted by Crippen LogP contribution is 2.33. The highest BCUT2D eigenvalue weighted by Gasteiger charge is 2.20. The van der Waals surface area contributed by atoms with Gasteiger partial charge in [0.15, 0.2) is 6.61 Å². The van der Waals surface area contributed by atoms with Crippen LogP contribution in [0.4, 0.5) is 10.1 Å². The zero-order valence-electron chi connectivity index (χ0n) is 15.0. The number of thiocyanates is 1. The van der Waals surface area contributed by atoms with Gasteiger partial charge in [0.25, 0.3) is 5.91 Å². The van der Waals surface area contributed by atoms with E-state index in [0.717, 1.165) is 33.6 Å². The first-order valence-corrected chi connectivity index (χ1v) is 9.85. The Balaban J connectivity index is 1.65. The molecule has 28 heavy (non-hydrogen) atoms. The molecule has 0 aliphatic rings. The smallest absolute Gasteiger partial charge is 0.349 e. The molecule has 0 bridgehead atoms. The first-order chi connectivity index (χ1) is 13.4. The molecule has 0 unspecified atom stereocenters. The van der Waals surface area contributed by atoms with Crippen molar-refractivity contribution in [1.82, 2.24) is 0 Å². The molecule has 0 aliphatic carbocycles. The van der Waals surface area contributed by atoms with Crippen molar-refractivity contribution < 1.29 is 18.7 Å². The standard InChI is InChI=1S/C20H15FN2O3S2/c1-11-8-13(27-10-22)6-7-15(11)23-17(24)9-26-20(25)19-12(2)18-14(21)4-3-5-16(18)28-19/h3-8H,9H2,1-2H3,(H,23,24). The number of nitriles is 1. The number of anilines is 1. The Hall–Kier alpha value is -2.89. The summed E-state index contributed by atoms with van der Waals surface area (Å²) in [6.07, 6.45) is 0. The number of nitrogens with one attached hydrogen (secondary N) is 1.